The molecule has 0 aromatic carbocycles. The van der Waals surface area contributed by atoms with Crippen molar-refractivity contribution in [1.82, 2.24) is 0 Å². The van der Waals surface area contributed by atoms with Crippen LogP contribution in [0.5, 0.6) is 0 Å². The van der Waals surface area contributed by atoms with Gasteiger partial charge in [0.25, 0.3) is 0 Å². The average molecular weight is 353 g/mol. The fourth-order valence-electron chi connectivity index (χ4n) is 2.78. The van der Waals surface area contributed by atoms with Crippen LogP contribution in [0.3, 0.4) is 0 Å². The third kappa shape index (κ3) is 31.4. The Morgan fingerprint density at radius 3 is 1.36 bits per heavy atom. The third-order valence-corrected chi connectivity index (χ3v) is 4.35. The Hall–Kier alpha value is -0.920. The first kappa shape index (κ1) is 26.3. The van der Waals surface area contributed by atoms with Gasteiger partial charge in [0.2, 0.25) is 6.08 Å². The molecule has 0 bridgehead atoms. The average Bonchev–Trinajstić information content (AvgIpc) is 2.64. The van der Waals surface area contributed by atoms with Gasteiger partial charge >= 0.3 is 0 Å². The van der Waals surface area contributed by atoms with Gasteiger partial charge in [0.05, 0.1) is 6.54 Å². The summed E-state index contributed by atoms with van der Waals surface area (Å²) >= 11 is 0. The van der Waals surface area contributed by atoms with Crippen molar-refractivity contribution in [3.63, 3.8) is 0 Å². The van der Waals surface area contributed by atoms with Crippen molar-refractivity contribution in [3.8, 4) is 0 Å². The van der Waals surface area contributed by atoms with Crippen molar-refractivity contribution in [2.24, 2.45) is 10.7 Å². The molecule has 3 nitrogen and oxygen atoms in total. The molecule has 0 spiro atoms. The van der Waals surface area contributed by atoms with Crippen LogP contribution in [0.25, 0.3) is 0 Å². The summed E-state index contributed by atoms with van der Waals surface area (Å²) in [5.74, 6) is 0. The van der Waals surface area contributed by atoms with Crippen LogP contribution in [0.4, 0.5) is 0 Å². The molecule has 148 valence electrons. The summed E-state index contributed by atoms with van der Waals surface area (Å²) in [6.07, 6.45) is 25.3. The lowest BCUT2D eigenvalue weighted by molar-refractivity contribution is 0.529. The van der Waals surface area contributed by atoms with Crippen LogP contribution in [-0.4, -0.2) is 19.2 Å². The molecule has 3 heteroatoms. The highest BCUT2D eigenvalue weighted by atomic mass is 16.1. The van der Waals surface area contributed by atoms with E-state index in [2.05, 4.69) is 18.5 Å². The molecular weight excluding hydrogens is 308 g/mol. The van der Waals surface area contributed by atoms with Crippen molar-refractivity contribution < 1.29 is 4.79 Å². The van der Waals surface area contributed by atoms with Gasteiger partial charge < -0.3 is 5.73 Å². The molecule has 0 fully saturated rings. The topological polar surface area (TPSA) is 55.4 Å². The highest BCUT2D eigenvalue weighted by Crippen LogP contribution is 2.13. The molecule has 0 unspecified atom stereocenters. The van der Waals surface area contributed by atoms with Crippen LogP contribution >= 0.6 is 0 Å². The number of unbranched alkanes of at least 4 members (excludes halogenated alkanes) is 15. The van der Waals surface area contributed by atoms with E-state index in [4.69, 9.17) is 5.73 Å². The minimum absolute atomic E-state index is 0.583. The van der Waals surface area contributed by atoms with Crippen LogP contribution < -0.4 is 5.73 Å². The number of nitrogens with two attached hydrogens (primary N) is 1. The summed E-state index contributed by atoms with van der Waals surface area (Å²) in [5, 5.41) is 0. The maximum Gasteiger partial charge on any atom is 0.234 e. The van der Waals surface area contributed by atoms with Gasteiger partial charge in [-0.25, -0.2) is 9.79 Å². The lowest BCUT2D eigenvalue weighted by atomic mass is 10.0. The summed E-state index contributed by atoms with van der Waals surface area (Å²) in [4.78, 5) is 13.4. The summed E-state index contributed by atoms with van der Waals surface area (Å²) in [5.41, 5.74) is 4.91. The minimum Gasteiger partial charge on any atom is -0.327 e. The molecule has 0 amide bonds. The van der Waals surface area contributed by atoms with Gasteiger partial charge in [0.15, 0.2) is 0 Å². The van der Waals surface area contributed by atoms with E-state index < -0.39 is 0 Å². The number of hydrogen-bond acceptors (Lipinski definition) is 3. The van der Waals surface area contributed by atoms with E-state index >= 15 is 0 Å². The third-order valence-electron chi connectivity index (χ3n) is 4.35. The van der Waals surface area contributed by atoms with E-state index in [0.29, 0.717) is 13.1 Å². The monoisotopic (exact) mass is 352 g/mol. The van der Waals surface area contributed by atoms with Crippen LogP contribution in [0, 0.1) is 0 Å². The van der Waals surface area contributed by atoms with Crippen molar-refractivity contribution in [2.45, 2.75) is 110 Å². The zero-order valence-electron chi connectivity index (χ0n) is 16.9. The first-order valence-corrected chi connectivity index (χ1v) is 10.7. The minimum atomic E-state index is 0.583. The summed E-state index contributed by atoms with van der Waals surface area (Å²) < 4.78 is 0. The standard InChI is InChI=1S/C19H37NO.C3H7N/c1-2-3-4-5-6-7-8-9-10-11-12-13-14-15-16-17-18-20-19-21;1-2-3-4/h2-18H2,1H3;2H,1,3-4H2. The molecule has 0 radical (unpaired) electrons. The smallest absolute Gasteiger partial charge is 0.234 e. The van der Waals surface area contributed by atoms with Crippen LogP contribution in [0.1, 0.15) is 110 Å². The molecular formula is C22H44N2O. The summed E-state index contributed by atoms with van der Waals surface area (Å²) in [6.45, 7) is 6.89. The van der Waals surface area contributed by atoms with Gasteiger partial charge in [-0.2, -0.15) is 0 Å². The van der Waals surface area contributed by atoms with Crippen molar-refractivity contribution in [1.29, 1.82) is 0 Å². The number of isocyanates is 1. The molecule has 0 atom stereocenters. The maximum atomic E-state index is 9.87. The number of aliphatic imine (C=N–C) groups is 1. The molecule has 0 aliphatic carbocycles. The molecule has 0 aromatic heterocycles. The van der Waals surface area contributed by atoms with Crippen LogP contribution in [-0.2, 0) is 4.79 Å². The Balaban J connectivity index is 0. The Bertz CT molecular complexity index is 286. The van der Waals surface area contributed by atoms with Crippen molar-refractivity contribution in [2.75, 3.05) is 13.1 Å². The molecule has 0 rings (SSSR count). The normalized spacial score (nSPS) is 9.84. The Kier molecular flexibility index (Phi) is 29.4. The zero-order chi connectivity index (χ0) is 18.8. The zero-order valence-corrected chi connectivity index (χ0v) is 16.9. The SMILES string of the molecule is C=CCN.CCCCCCCCCCCCCCCCCCN=C=O. The molecule has 0 aliphatic heterocycles. The largest absolute Gasteiger partial charge is 0.327 e. The van der Waals surface area contributed by atoms with Gasteiger partial charge in [-0.15, -0.1) is 6.58 Å². The molecule has 2 N–H and O–H groups in total. The lowest BCUT2D eigenvalue weighted by Crippen LogP contribution is -1.90. The molecule has 0 saturated heterocycles. The second-order valence-electron chi connectivity index (χ2n) is 6.80. The fourth-order valence-corrected chi connectivity index (χ4v) is 2.78. The van der Waals surface area contributed by atoms with Gasteiger partial charge in [-0.1, -0.05) is 109 Å². The lowest BCUT2D eigenvalue weighted by Gasteiger charge is -2.03. The van der Waals surface area contributed by atoms with Gasteiger partial charge in [-0.3, -0.25) is 0 Å². The Morgan fingerprint density at radius 2 is 1.08 bits per heavy atom. The van der Waals surface area contributed by atoms with E-state index in [-0.39, 0.29) is 0 Å². The number of carbonyl (C=O) groups excluding carboxylic acids is 1. The second-order valence-corrected chi connectivity index (χ2v) is 6.80. The predicted octanol–water partition coefficient (Wildman–Crippen LogP) is 6.71. The number of hydrogen-bond donors (Lipinski definition) is 1. The molecule has 0 aliphatic rings. The fraction of sp³-hybridized carbons (Fsp3) is 0.864. The number of rotatable bonds is 18. The number of nitrogens with zero attached hydrogens (tertiary/aromatic N) is 1. The van der Waals surface area contributed by atoms with Crippen molar-refractivity contribution >= 4 is 6.08 Å². The summed E-state index contributed by atoms with van der Waals surface area (Å²) in [7, 11) is 0. The molecule has 0 heterocycles. The second kappa shape index (κ2) is 27.9. The van der Waals surface area contributed by atoms with E-state index in [1.807, 2.05) is 0 Å². The van der Waals surface area contributed by atoms with Crippen molar-refractivity contribution in [3.05, 3.63) is 12.7 Å². The first-order valence-electron chi connectivity index (χ1n) is 10.7. The molecule has 25 heavy (non-hydrogen) atoms. The Morgan fingerprint density at radius 1 is 0.760 bits per heavy atom. The van der Waals surface area contributed by atoms with Gasteiger partial charge in [0.1, 0.15) is 0 Å². The highest BCUT2D eigenvalue weighted by molar-refractivity contribution is 5.32. The Labute approximate surface area is 157 Å². The predicted molar refractivity (Wildman–Crippen MR) is 112 cm³/mol. The first-order chi connectivity index (χ1) is 12.3. The van der Waals surface area contributed by atoms with Gasteiger partial charge in [0, 0.05) is 6.54 Å². The van der Waals surface area contributed by atoms with E-state index in [1.54, 1.807) is 12.2 Å². The van der Waals surface area contributed by atoms with Crippen LogP contribution in [0.2, 0.25) is 0 Å². The molecule has 0 aromatic rings. The summed E-state index contributed by atoms with van der Waals surface area (Å²) in [6, 6.07) is 0. The maximum absolute atomic E-state index is 9.87. The van der Waals surface area contributed by atoms with E-state index in [1.165, 1.54) is 96.3 Å². The quantitative estimate of drug-likeness (QED) is 0.129. The highest BCUT2D eigenvalue weighted by Gasteiger charge is 1.94. The molecule has 0 saturated carbocycles. The van der Waals surface area contributed by atoms with E-state index in [9.17, 15) is 4.79 Å². The van der Waals surface area contributed by atoms with Gasteiger partial charge in [-0.05, 0) is 6.42 Å². The van der Waals surface area contributed by atoms with E-state index in [0.717, 1.165) is 6.42 Å². The van der Waals surface area contributed by atoms with Crippen LogP contribution in [0.15, 0.2) is 17.6 Å².